The molecule has 9 nitrogen and oxygen atoms in total. The molecule has 12 heteroatoms. The number of fused-ring (bicyclic) bond motifs is 1. The van der Waals surface area contributed by atoms with Crippen molar-refractivity contribution in [2.75, 3.05) is 25.3 Å². The molecule has 2 aromatic carbocycles. The van der Waals surface area contributed by atoms with Crippen molar-refractivity contribution in [3.63, 3.8) is 0 Å². The molecule has 5 aromatic rings. The van der Waals surface area contributed by atoms with Gasteiger partial charge >= 0.3 is 11.9 Å². The molecule has 208 valence electrons. The van der Waals surface area contributed by atoms with E-state index in [9.17, 15) is 19.2 Å². The van der Waals surface area contributed by atoms with Gasteiger partial charge in [-0.1, -0.05) is 60.3 Å². The Hall–Kier alpha value is -4.26. The quantitative estimate of drug-likeness (QED) is 0.134. The van der Waals surface area contributed by atoms with Crippen LogP contribution in [0.3, 0.4) is 0 Å². The Bertz CT molecular complexity index is 1830. The van der Waals surface area contributed by atoms with Crippen molar-refractivity contribution in [1.82, 2.24) is 9.55 Å². The van der Waals surface area contributed by atoms with Crippen molar-refractivity contribution >= 4 is 67.5 Å². The summed E-state index contributed by atoms with van der Waals surface area (Å²) in [5, 5.41) is 5.65. The number of para-hydroxylation sites is 1. The molecule has 1 amide bonds. The summed E-state index contributed by atoms with van der Waals surface area (Å²) < 4.78 is 11.2. The molecule has 0 saturated heterocycles. The number of esters is 2. The van der Waals surface area contributed by atoms with E-state index in [-0.39, 0.29) is 26.8 Å². The van der Waals surface area contributed by atoms with Crippen LogP contribution in [0.15, 0.2) is 76.0 Å². The molecule has 0 fully saturated rings. The van der Waals surface area contributed by atoms with Crippen LogP contribution in [0.1, 0.15) is 25.6 Å². The fourth-order valence-corrected chi connectivity index (χ4v) is 7.16. The predicted octanol–water partition coefficient (Wildman–Crippen LogP) is 5.79. The van der Waals surface area contributed by atoms with E-state index in [0.717, 1.165) is 34.2 Å². The second-order valence-corrected chi connectivity index (χ2v) is 11.5. The Labute approximate surface area is 246 Å². The summed E-state index contributed by atoms with van der Waals surface area (Å²) in [5.74, 6) is -1.88. The van der Waals surface area contributed by atoms with E-state index in [2.05, 4.69) is 5.32 Å². The van der Waals surface area contributed by atoms with E-state index in [1.165, 1.54) is 30.1 Å². The SMILES string of the molecule is COC(=O)c1sc(NC(=O)CSc2nc3scc(-c4ccccc4)c3c(=O)n2-c2ccccc2)c(C(=O)OC)c1C. The summed E-state index contributed by atoms with van der Waals surface area (Å²) in [5.41, 5.74) is 2.53. The van der Waals surface area contributed by atoms with Crippen LogP contribution < -0.4 is 10.9 Å². The molecule has 0 aliphatic carbocycles. The van der Waals surface area contributed by atoms with Crippen LogP contribution in [0.4, 0.5) is 5.00 Å². The normalized spacial score (nSPS) is 10.9. The molecule has 5 rings (SSSR count). The van der Waals surface area contributed by atoms with Gasteiger partial charge in [0.25, 0.3) is 5.56 Å². The molecule has 0 saturated carbocycles. The first-order chi connectivity index (χ1) is 19.8. The van der Waals surface area contributed by atoms with Crippen LogP contribution in [0, 0.1) is 6.92 Å². The van der Waals surface area contributed by atoms with Crippen molar-refractivity contribution < 1.29 is 23.9 Å². The molecule has 0 bridgehead atoms. The van der Waals surface area contributed by atoms with Crippen LogP contribution >= 0.6 is 34.4 Å². The number of nitrogens with zero attached hydrogens (tertiary/aromatic N) is 2. The Balaban J connectivity index is 1.49. The van der Waals surface area contributed by atoms with Gasteiger partial charge in [0.15, 0.2) is 5.16 Å². The average Bonchev–Trinajstić information content (AvgIpc) is 3.57. The van der Waals surface area contributed by atoms with Crippen molar-refractivity contribution in [1.29, 1.82) is 0 Å². The summed E-state index contributed by atoms with van der Waals surface area (Å²) in [4.78, 5) is 57.2. The van der Waals surface area contributed by atoms with Gasteiger partial charge in [-0.2, -0.15) is 0 Å². The summed E-state index contributed by atoms with van der Waals surface area (Å²) in [6.07, 6.45) is 0. The lowest BCUT2D eigenvalue weighted by molar-refractivity contribution is -0.113. The van der Waals surface area contributed by atoms with Crippen LogP contribution in [-0.2, 0) is 14.3 Å². The van der Waals surface area contributed by atoms with Gasteiger partial charge in [0.2, 0.25) is 5.91 Å². The van der Waals surface area contributed by atoms with E-state index in [4.69, 9.17) is 14.5 Å². The molecule has 0 aliphatic heterocycles. The number of hydrogen-bond acceptors (Lipinski definition) is 10. The highest BCUT2D eigenvalue weighted by atomic mass is 32.2. The number of amides is 1. The van der Waals surface area contributed by atoms with E-state index < -0.39 is 17.8 Å². The van der Waals surface area contributed by atoms with Gasteiger partial charge in [-0.25, -0.2) is 14.6 Å². The molecule has 3 aromatic heterocycles. The highest BCUT2D eigenvalue weighted by molar-refractivity contribution is 7.99. The molecular formula is C29H23N3O6S3. The molecule has 1 N–H and O–H groups in total. The molecule has 3 heterocycles. The first kappa shape index (κ1) is 28.3. The number of nitrogens with one attached hydrogen (secondary N) is 1. The topological polar surface area (TPSA) is 117 Å². The Kier molecular flexibility index (Phi) is 8.34. The third kappa shape index (κ3) is 5.53. The van der Waals surface area contributed by atoms with Crippen molar-refractivity contribution in [3.8, 4) is 16.8 Å². The molecular weight excluding hydrogens is 583 g/mol. The zero-order valence-corrected chi connectivity index (χ0v) is 24.6. The number of rotatable bonds is 8. The van der Waals surface area contributed by atoms with Gasteiger partial charge in [-0.15, -0.1) is 22.7 Å². The highest BCUT2D eigenvalue weighted by Crippen LogP contribution is 2.35. The van der Waals surface area contributed by atoms with Crippen molar-refractivity contribution in [2.45, 2.75) is 12.1 Å². The van der Waals surface area contributed by atoms with Crippen LogP contribution in [0.5, 0.6) is 0 Å². The highest BCUT2D eigenvalue weighted by Gasteiger charge is 2.27. The number of thiophene rings is 2. The molecule has 41 heavy (non-hydrogen) atoms. The molecule has 0 radical (unpaired) electrons. The van der Waals surface area contributed by atoms with Crippen LogP contribution in [0.25, 0.3) is 27.0 Å². The average molecular weight is 606 g/mol. The number of methoxy groups -OCH3 is 2. The Morgan fingerprint density at radius 2 is 1.63 bits per heavy atom. The number of hydrogen-bond donors (Lipinski definition) is 1. The van der Waals surface area contributed by atoms with E-state index in [1.807, 2.05) is 53.9 Å². The summed E-state index contributed by atoms with van der Waals surface area (Å²) >= 11 is 3.38. The smallest absolute Gasteiger partial charge is 0.348 e. The number of thioether (sulfide) groups is 1. The van der Waals surface area contributed by atoms with Crippen LogP contribution in [-0.4, -0.2) is 47.4 Å². The lowest BCUT2D eigenvalue weighted by atomic mass is 10.1. The third-order valence-electron chi connectivity index (χ3n) is 6.17. The standard InChI is InChI=1S/C29H23N3O6S3/c1-16-21(27(35)37-2)25(41-23(16)28(36)38-3)30-20(33)15-40-29-31-24-22(19(14-39-24)17-10-6-4-7-11-17)26(34)32(29)18-12-8-5-9-13-18/h4-14H,15H2,1-3H3,(H,30,33). The minimum Gasteiger partial charge on any atom is -0.465 e. The van der Waals surface area contributed by atoms with Crippen molar-refractivity contribution in [2.24, 2.45) is 0 Å². The summed E-state index contributed by atoms with van der Waals surface area (Å²) in [7, 11) is 2.46. The van der Waals surface area contributed by atoms with Gasteiger partial charge in [-0.3, -0.25) is 14.2 Å². The maximum atomic E-state index is 13.9. The Morgan fingerprint density at radius 3 is 2.29 bits per heavy atom. The summed E-state index contributed by atoms with van der Waals surface area (Å²) in [6, 6.07) is 18.8. The molecule has 0 atom stereocenters. The first-order valence-corrected chi connectivity index (χ1v) is 14.9. The third-order valence-corrected chi connectivity index (χ3v) is 9.17. The van der Waals surface area contributed by atoms with Crippen LogP contribution in [0.2, 0.25) is 0 Å². The minimum atomic E-state index is -0.686. The van der Waals surface area contributed by atoms with E-state index in [0.29, 0.717) is 26.6 Å². The summed E-state index contributed by atoms with van der Waals surface area (Å²) in [6.45, 7) is 1.59. The van der Waals surface area contributed by atoms with Gasteiger partial charge in [0.1, 0.15) is 14.7 Å². The maximum Gasteiger partial charge on any atom is 0.348 e. The number of anilines is 1. The number of ether oxygens (including phenoxy) is 2. The van der Waals surface area contributed by atoms with Crippen molar-refractivity contribution in [3.05, 3.63) is 92.4 Å². The Morgan fingerprint density at radius 1 is 0.976 bits per heavy atom. The first-order valence-electron chi connectivity index (χ1n) is 12.2. The molecule has 0 unspecified atom stereocenters. The minimum absolute atomic E-state index is 0.0871. The van der Waals surface area contributed by atoms with E-state index >= 15 is 0 Å². The zero-order chi connectivity index (χ0) is 29.1. The monoisotopic (exact) mass is 605 g/mol. The number of carbonyl (C=O) groups excluding carboxylic acids is 3. The van der Waals surface area contributed by atoms with Gasteiger partial charge in [0, 0.05) is 10.9 Å². The lowest BCUT2D eigenvalue weighted by Crippen LogP contribution is -2.22. The number of aromatic nitrogens is 2. The lowest BCUT2D eigenvalue weighted by Gasteiger charge is -2.13. The number of carbonyl (C=O) groups is 3. The predicted molar refractivity (Wildman–Crippen MR) is 162 cm³/mol. The van der Waals surface area contributed by atoms with Gasteiger partial charge < -0.3 is 14.8 Å². The number of benzene rings is 2. The second-order valence-electron chi connectivity index (χ2n) is 8.65. The molecule has 0 aliphatic rings. The molecule has 0 spiro atoms. The second kappa shape index (κ2) is 12.1. The maximum absolute atomic E-state index is 13.9. The van der Waals surface area contributed by atoms with E-state index in [1.54, 1.807) is 19.1 Å². The zero-order valence-electron chi connectivity index (χ0n) is 22.1. The largest absolute Gasteiger partial charge is 0.465 e. The van der Waals surface area contributed by atoms with Gasteiger partial charge in [-0.05, 0) is 30.2 Å². The fourth-order valence-electron chi connectivity index (χ4n) is 4.23. The fraction of sp³-hybridized carbons (Fsp3) is 0.138. The van der Waals surface area contributed by atoms with Gasteiger partial charge in [0.05, 0.1) is 36.6 Å².